The largest absolute Gasteiger partial charge is 0.382 e. The third-order valence-electron chi connectivity index (χ3n) is 4.38. The molecule has 1 aromatic carbocycles. The number of guanidine groups is 1. The van der Waals surface area contributed by atoms with Crippen molar-refractivity contribution in [3.8, 4) is 0 Å². The van der Waals surface area contributed by atoms with E-state index < -0.39 is 21.6 Å². The van der Waals surface area contributed by atoms with Crippen LogP contribution in [0, 0.1) is 17.5 Å². The monoisotopic (exact) mass is 365 g/mol. The van der Waals surface area contributed by atoms with Gasteiger partial charge in [0.15, 0.2) is 12.0 Å². The molecule has 0 saturated carbocycles. The molecule has 2 heterocycles. The summed E-state index contributed by atoms with van der Waals surface area (Å²) in [7, 11) is 0. The topological polar surface area (TPSA) is 37.1 Å². The fourth-order valence-electron chi connectivity index (χ4n) is 3.29. The number of hydrogen-bond donors (Lipinski definition) is 0. The van der Waals surface area contributed by atoms with Gasteiger partial charge >= 0.3 is 5.96 Å². The van der Waals surface area contributed by atoms with Crippen LogP contribution in [-0.2, 0) is 0 Å². The van der Waals surface area contributed by atoms with Crippen molar-refractivity contribution in [2.24, 2.45) is 15.1 Å². The van der Waals surface area contributed by atoms with Gasteiger partial charge in [-0.1, -0.05) is 6.08 Å². The van der Waals surface area contributed by atoms with Crippen LogP contribution in [0.4, 0.5) is 13.2 Å². The average molecular weight is 366 g/mol. The summed E-state index contributed by atoms with van der Waals surface area (Å²) in [4.78, 5) is 8.12. The van der Waals surface area contributed by atoms with Crippen molar-refractivity contribution in [3.05, 3.63) is 52.5 Å². The van der Waals surface area contributed by atoms with E-state index in [0.717, 1.165) is 24.8 Å². The Balaban J connectivity index is 2.01. The third-order valence-corrected chi connectivity index (χ3v) is 4.79. The van der Waals surface area contributed by atoms with Crippen LogP contribution in [0.15, 0.2) is 44.6 Å². The van der Waals surface area contributed by atoms with Gasteiger partial charge in [0.05, 0.1) is 11.1 Å². The number of halogens is 4. The summed E-state index contributed by atoms with van der Waals surface area (Å²) in [6.45, 7) is 0. The Morgan fingerprint density at radius 1 is 1.08 bits per heavy atom. The Bertz CT molecular complexity index is 893. The highest BCUT2D eigenvalue weighted by atomic mass is 35.5. The lowest BCUT2D eigenvalue weighted by Crippen LogP contribution is -2.39. The van der Waals surface area contributed by atoms with Crippen LogP contribution < -0.4 is 0 Å². The molecule has 4 nitrogen and oxygen atoms in total. The molecule has 0 saturated heterocycles. The van der Waals surface area contributed by atoms with Crippen LogP contribution in [0.25, 0.3) is 5.57 Å². The molecule has 0 spiro atoms. The highest BCUT2D eigenvalue weighted by Crippen LogP contribution is 2.43. The fourth-order valence-corrected chi connectivity index (χ4v) is 3.61. The predicted octanol–water partition coefficient (Wildman–Crippen LogP) is 4.68. The van der Waals surface area contributed by atoms with Crippen molar-refractivity contribution in [1.82, 2.24) is 0 Å². The molecule has 4 rings (SSSR count). The van der Waals surface area contributed by atoms with Crippen molar-refractivity contribution >= 4 is 35.9 Å². The highest BCUT2D eigenvalue weighted by Gasteiger charge is 2.49. The van der Waals surface area contributed by atoms with E-state index in [0.29, 0.717) is 24.3 Å². The van der Waals surface area contributed by atoms with Gasteiger partial charge in [-0.05, 0) is 30.8 Å². The summed E-state index contributed by atoms with van der Waals surface area (Å²) in [5, 5.41) is 4.14. The number of hydrogen-bond acceptors (Lipinski definition) is 3. The second-order valence-corrected chi connectivity index (χ2v) is 6.45. The van der Waals surface area contributed by atoms with E-state index in [4.69, 9.17) is 11.8 Å². The first-order valence-corrected chi connectivity index (χ1v) is 8.19. The summed E-state index contributed by atoms with van der Waals surface area (Å²) in [5.41, 5.74) is 1.03. The molecule has 8 heteroatoms. The summed E-state index contributed by atoms with van der Waals surface area (Å²) in [5.74, 6) is -2.81. The van der Waals surface area contributed by atoms with E-state index in [2.05, 4.69) is 15.1 Å². The summed E-state index contributed by atoms with van der Waals surface area (Å²) in [6.07, 6.45) is 8.08. The lowest BCUT2D eigenvalue weighted by molar-refractivity contribution is -0.676. The molecule has 1 atom stereocenters. The average Bonchev–Trinajstić information content (AvgIpc) is 2.95. The molecule has 1 unspecified atom stereocenters. The van der Waals surface area contributed by atoms with Crippen molar-refractivity contribution < 1.29 is 17.3 Å². The molecule has 1 aliphatic carbocycles. The molecule has 2 aliphatic heterocycles. The zero-order valence-electron chi connectivity index (χ0n) is 13.0. The van der Waals surface area contributed by atoms with Gasteiger partial charge in [-0.15, -0.1) is 0 Å². The van der Waals surface area contributed by atoms with Gasteiger partial charge in [0.25, 0.3) is 0 Å². The van der Waals surface area contributed by atoms with Crippen LogP contribution in [-0.4, -0.2) is 22.6 Å². The van der Waals surface area contributed by atoms with Gasteiger partial charge in [0, 0.05) is 28.0 Å². The second kappa shape index (κ2) is 5.93. The Kier molecular flexibility index (Phi) is 3.85. The minimum atomic E-state index is -1.01. The number of allylic oxidation sites excluding steroid dienone is 3. The predicted molar refractivity (Wildman–Crippen MR) is 90.3 cm³/mol. The summed E-state index contributed by atoms with van der Waals surface area (Å²) in [6, 6.07) is 1.28. The maximum atomic E-state index is 14.4. The van der Waals surface area contributed by atoms with Crippen molar-refractivity contribution in [2.75, 3.05) is 0 Å². The van der Waals surface area contributed by atoms with Gasteiger partial charge in [-0.2, -0.15) is 9.98 Å². The molecular formula is C17H13ClF3N4+. The molecule has 0 aromatic heterocycles. The quantitative estimate of drug-likeness (QED) is 0.682. The zero-order valence-corrected chi connectivity index (χ0v) is 13.8. The fraction of sp³-hybridized carbons (Fsp3) is 0.235. The number of aliphatic imine (C=N–C) groups is 2. The van der Waals surface area contributed by atoms with Crippen molar-refractivity contribution in [1.29, 1.82) is 0 Å². The third kappa shape index (κ3) is 2.54. The minimum Gasteiger partial charge on any atom is -0.207 e. The normalized spacial score (nSPS) is 25.1. The Labute approximate surface area is 147 Å². The van der Waals surface area contributed by atoms with Gasteiger partial charge in [0.2, 0.25) is 11.8 Å². The first-order valence-electron chi connectivity index (χ1n) is 7.85. The molecule has 0 bridgehead atoms. The van der Waals surface area contributed by atoms with E-state index in [1.807, 2.05) is 6.08 Å². The first-order chi connectivity index (χ1) is 12.0. The van der Waals surface area contributed by atoms with Crippen molar-refractivity contribution in [3.63, 3.8) is 0 Å². The number of quaternary nitrogens is 1. The number of nitrogens with zero attached hydrogens (tertiary/aromatic N) is 4. The van der Waals surface area contributed by atoms with Crippen molar-refractivity contribution in [2.45, 2.75) is 25.7 Å². The molecular weight excluding hydrogens is 353 g/mol. The molecule has 0 N–H and O–H groups in total. The van der Waals surface area contributed by atoms with Gasteiger partial charge in [0.1, 0.15) is 17.5 Å². The van der Waals surface area contributed by atoms with E-state index >= 15 is 0 Å². The Hall–Kier alpha value is -2.25. The molecule has 25 heavy (non-hydrogen) atoms. The Morgan fingerprint density at radius 2 is 1.84 bits per heavy atom. The number of rotatable bonds is 2. The SMILES string of the molecule is Fc1cc(F)c(C2=C(C3=CCCCC3)[N+]3(Cl)N=CN=C3N=C2)c(F)c1. The lowest BCUT2D eigenvalue weighted by atomic mass is 9.91. The molecule has 1 aromatic rings. The van der Waals surface area contributed by atoms with Crippen LogP contribution >= 0.6 is 11.8 Å². The standard InChI is InChI=1S/C17H13ClF3N4/c18-25-16(10-4-2-1-3-5-10)12(8-22-17(25)23-9-24-25)15-13(20)6-11(19)7-14(15)21/h4,6-9H,1-3,5H2/q+1. The van der Waals surface area contributed by atoms with Crippen LogP contribution in [0.2, 0.25) is 0 Å². The zero-order chi connectivity index (χ0) is 17.6. The maximum Gasteiger partial charge on any atom is 0.382 e. The van der Waals surface area contributed by atoms with Crippen LogP contribution in [0.5, 0.6) is 0 Å². The molecule has 0 fully saturated rings. The van der Waals surface area contributed by atoms with E-state index in [1.54, 1.807) is 0 Å². The summed E-state index contributed by atoms with van der Waals surface area (Å²) >= 11 is 6.63. The van der Waals surface area contributed by atoms with Gasteiger partial charge in [-0.3, -0.25) is 0 Å². The first kappa shape index (κ1) is 16.2. The molecule has 3 aliphatic rings. The molecule has 0 amide bonds. The summed E-state index contributed by atoms with van der Waals surface area (Å²) < 4.78 is 41.5. The highest BCUT2D eigenvalue weighted by molar-refractivity contribution is 6.23. The molecule has 128 valence electrons. The van der Waals surface area contributed by atoms with Crippen LogP contribution in [0.1, 0.15) is 31.2 Å². The lowest BCUT2D eigenvalue weighted by Gasteiger charge is -2.27. The van der Waals surface area contributed by atoms with Gasteiger partial charge in [-0.25, -0.2) is 13.2 Å². The smallest absolute Gasteiger partial charge is 0.207 e. The van der Waals surface area contributed by atoms with Gasteiger partial charge < -0.3 is 0 Å². The van der Waals surface area contributed by atoms with E-state index in [-0.39, 0.29) is 17.1 Å². The minimum absolute atomic E-state index is 0.149. The van der Waals surface area contributed by atoms with E-state index in [1.165, 1.54) is 12.6 Å². The Morgan fingerprint density at radius 3 is 2.52 bits per heavy atom. The molecule has 0 radical (unpaired) electrons. The number of benzene rings is 1. The maximum absolute atomic E-state index is 14.4. The number of fused-ring (bicyclic) bond motifs is 1. The van der Waals surface area contributed by atoms with E-state index in [9.17, 15) is 13.2 Å². The second-order valence-electron chi connectivity index (χ2n) is 5.96. The van der Waals surface area contributed by atoms with Crippen LogP contribution in [0.3, 0.4) is 0 Å².